The quantitative estimate of drug-likeness (QED) is 0.0664. The number of halogens is 53. The van der Waals surface area contributed by atoms with Crippen molar-refractivity contribution in [1.29, 1.82) is 0 Å². The van der Waals surface area contributed by atoms with E-state index in [2.05, 4.69) is 0 Å². The van der Waals surface area contributed by atoms with E-state index >= 15 is 65.9 Å². The van der Waals surface area contributed by atoms with Crippen LogP contribution in [0.15, 0.2) is 21.1 Å². The molecule has 2 nitrogen and oxygen atoms in total. The minimum atomic E-state index is -15.8. The van der Waals surface area contributed by atoms with Crippen LogP contribution in [0.2, 0.25) is 5.04 Å². The summed E-state index contributed by atoms with van der Waals surface area (Å²) >= 11 is -1.85. The molecule has 0 aromatic rings. The first-order valence-electron chi connectivity index (χ1n) is 18.4. The van der Waals surface area contributed by atoms with Crippen molar-refractivity contribution in [2.75, 3.05) is 0 Å². The number of hydrogen-bond acceptors (Lipinski definition) is 2. The Balaban J connectivity index is 12.7. The summed E-state index contributed by atoms with van der Waals surface area (Å²) in [6.45, 7) is -4.05. The molecule has 3 atom stereocenters. The normalized spacial score (nSPS) is 19.3. The Morgan fingerprint density at radius 2 is 0.628 bits per heavy atom. The first-order chi connectivity index (χ1) is 36.2. The van der Waals surface area contributed by atoms with Crippen molar-refractivity contribution in [2.24, 2.45) is 0 Å². The van der Waals surface area contributed by atoms with Gasteiger partial charge >= 0.3 is 141 Å². The summed E-state index contributed by atoms with van der Waals surface area (Å²) < 4.78 is 769. The molecule has 0 saturated carbocycles. The molecule has 0 aromatic carbocycles. The number of allylic oxidation sites excluding steroid dienone is 2. The van der Waals surface area contributed by atoms with E-state index in [4.69, 9.17) is 0 Å². The van der Waals surface area contributed by atoms with Crippen LogP contribution in [0.4, 0.5) is 228 Å². The number of alkyl halides is 51. The van der Waals surface area contributed by atoms with Crippen molar-refractivity contribution in [1.82, 2.24) is 0 Å². The Labute approximate surface area is 447 Å². The monoisotopic (exact) mass is 1560 g/mol. The van der Waals surface area contributed by atoms with Gasteiger partial charge in [0, 0.05) is 0 Å². The number of hydrogen-bond donors (Lipinski definition) is 0. The maximum absolute atomic E-state index is 17.9. The predicted molar refractivity (Wildman–Crippen MR) is 175 cm³/mol. The van der Waals surface area contributed by atoms with Gasteiger partial charge in [0.2, 0.25) is 0 Å². The fraction of sp³-hybridized carbons (Fsp3) is 0.862. The zero-order valence-electron chi connectivity index (χ0n) is 37.4. The van der Waals surface area contributed by atoms with Gasteiger partial charge in [0.1, 0.15) is 3.58 Å². The highest BCUT2D eigenvalue weighted by Crippen LogP contribution is 2.79. The van der Waals surface area contributed by atoms with Gasteiger partial charge in [-0.15, -0.1) is 0 Å². The zero-order chi connectivity index (χ0) is 71.4. The van der Waals surface area contributed by atoms with Gasteiger partial charge in [-0.25, -0.2) is 35.1 Å². The fourth-order valence-corrected chi connectivity index (χ4v) is 15.5. The average Bonchev–Trinajstić information content (AvgIpc) is 3.20. The molecule has 0 aliphatic heterocycles. The molecule has 3 unspecified atom stereocenters. The van der Waals surface area contributed by atoms with E-state index in [9.17, 15) is 162 Å². The summed E-state index contributed by atoms with van der Waals surface area (Å²) in [6.07, 6.45) is -107. The van der Waals surface area contributed by atoms with E-state index in [0.717, 1.165) is 4.43 Å². The van der Waals surface area contributed by atoms with Gasteiger partial charge in [0.25, 0.3) is 10.9 Å². The van der Waals surface area contributed by atoms with Gasteiger partial charge in [-0.1, -0.05) is 6.08 Å². The molecule has 0 radical (unpaired) electrons. The number of rotatable bonds is 16. The van der Waals surface area contributed by atoms with Crippen LogP contribution in [0.5, 0.6) is 0 Å². The predicted octanol–water partition coefficient (Wildman–Crippen LogP) is 19.3. The molecule has 57 heteroatoms. The highest BCUT2D eigenvalue weighted by atomic mass is 127. The van der Waals surface area contributed by atoms with Crippen molar-refractivity contribution in [3.8, 4) is 0 Å². The summed E-state index contributed by atoms with van der Waals surface area (Å²) in [7, 11) is -30.4. The molecule has 0 heterocycles. The van der Waals surface area contributed by atoms with Gasteiger partial charge in [0.05, 0.1) is 0 Å². The lowest BCUT2D eigenvalue weighted by Gasteiger charge is -2.59. The second-order valence-corrected chi connectivity index (χ2v) is 24.0. The van der Waals surface area contributed by atoms with E-state index in [0.29, 0.717) is 4.43 Å². The SMILES string of the molecule is C/C=C(\C)C(F)(O[Si](C(F)(F)C(F)(F)C(F)(F)C(F)(F)C(F)(F)F)(C(F)(C(F)(F)F)C(F)(F)F)C(F)(C(F)(F)F)C(F)(F)F)C(F)(C(F)(F)F)C(F)(O[Si](C(F)(F)F)(C(F)(F)F)C(C(F)(F)F)(C(F)(F)F)C(F)(F)F)C(F)(F)/C(F)=C(\I)C(F)(F)F. The second kappa shape index (κ2) is 21.2. The van der Waals surface area contributed by atoms with Gasteiger partial charge in [-0.3, -0.25) is 0 Å². The molecular formula is C29H7F52IO2Si2. The van der Waals surface area contributed by atoms with E-state index in [-0.39, 0.29) is 0 Å². The third kappa shape index (κ3) is 10.5. The zero-order valence-corrected chi connectivity index (χ0v) is 41.6. The highest BCUT2D eigenvalue weighted by molar-refractivity contribution is 14.1. The van der Waals surface area contributed by atoms with Crippen molar-refractivity contribution in [3.05, 3.63) is 21.1 Å². The molecule has 0 bridgehead atoms. The lowest BCUT2D eigenvalue weighted by Crippen LogP contribution is -2.96. The molecular weight excluding hydrogens is 1550 g/mol. The Kier molecular flexibility index (Phi) is 20.5. The average molecular weight is 1560 g/mol. The lowest BCUT2D eigenvalue weighted by molar-refractivity contribution is -0.436. The summed E-state index contributed by atoms with van der Waals surface area (Å²) in [4.78, 5) is 0. The van der Waals surface area contributed by atoms with Crippen LogP contribution >= 0.6 is 22.6 Å². The van der Waals surface area contributed by atoms with Gasteiger partial charge in [0.15, 0.2) is 5.83 Å². The first-order valence-corrected chi connectivity index (χ1v) is 23.3. The van der Waals surface area contributed by atoms with Gasteiger partial charge in [-0.05, 0) is 42.0 Å². The second-order valence-electron chi connectivity index (χ2n) is 15.9. The van der Waals surface area contributed by atoms with Gasteiger partial charge in [-0.2, -0.15) is 193 Å². The van der Waals surface area contributed by atoms with Crippen LogP contribution in [-0.4, -0.2) is 147 Å². The van der Waals surface area contributed by atoms with Crippen LogP contribution in [0.3, 0.4) is 0 Å². The van der Waals surface area contributed by atoms with Crippen molar-refractivity contribution < 1.29 is 237 Å². The summed E-state index contributed by atoms with van der Waals surface area (Å²) in [5.74, 6) is -95.2. The molecule has 514 valence electrons. The van der Waals surface area contributed by atoms with E-state index in [1.807, 2.05) is 0 Å². The molecule has 0 N–H and O–H groups in total. The van der Waals surface area contributed by atoms with Crippen LogP contribution in [0.1, 0.15) is 13.8 Å². The Hall–Kier alpha value is -3.08. The molecule has 0 spiro atoms. The van der Waals surface area contributed by atoms with Crippen molar-refractivity contribution in [3.63, 3.8) is 0 Å². The summed E-state index contributed by atoms with van der Waals surface area (Å²) in [5.41, 5.74) is -29.8. The van der Waals surface area contributed by atoms with Crippen LogP contribution in [-0.2, 0) is 8.85 Å². The fourth-order valence-electron chi connectivity index (χ4n) is 7.00. The summed E-state index contributed by atoms with van der Waals surface area (Å²) in [5, 5.41) is -35.3. The topological polar surface area (TPSA) is 18.5 Å². The molecule has 0 fully saturated rings. The minimum absolute atomic E-state index is 0.509. The third-order valence-corrected chi connectivity index (χ3v) is 21.1. The van der Waals surface area contributed by atoms with Crippen LogP contribution < -0.4 is 0 Å². The maximum Gasteiger partial charge on any atom is 0.470 e. The Bertz CT molecular complexity index is 2370. The minimum Gasteiger partial charge on any atom is -0.366 e. The standard InChI is InChI=1S/C29H7F52IO2Si2/c1-3-4(2)8(33,83-86(16(45,23(62,63)64)24(65,66)67,17(46,25(68,69)70)26(71,72)73)27(74,75)14(42,43)12(38,39)13(40,41)22(59,60)61)10(37,18(47,48)49)15(44,7(31,32)5(30)6(82)9(34,35)36)84-85(28(76,77)78,29(79,80)81)11(19(50,51)52,20(53,54)55)21(56,57)58/h3H,1-2H3/b4-3+,6-5+. The highest BCUT2D eigenvalue weighted by Gasteiger charge is 3.12. The first kappa shape index (κ1) is 82.9. The largest absolute Gasteiger partial charge is 0.470 e. The van der Waals surface area contributed by atoms with E-state index < -0.39 is 210 Å². The van der Waals surface area contributed by atoms with Crippen LogP contribution in [0, 0.1) is 0 Å². The molecule has 0 aromatic heterocycles. The van der Waals surface area contributed by atoms with Crippen molar-refractivity contribution >= 4 is 39.2 Å². The van der Waals surface area contributed by atoms with E-state index in [1.165, 1.54) is 0 Å². The third-order valence-electron chi connectivity index (χ3n) is 11.0. The molecule has 0 amide bonds. The molecule has 0 aliphatic carbocycles. The van der Waals surface area contributed by atoms with Crippen molar-refractivity contribution in [2.45, 2.75) is 149 Å². The molecule has 0 saturated heterocycles. The van der Waals surface area contributed by atoms with Crippen LogP contribution in [0.25, 0.3) is 0 Å². The van der Waals surface area contributed by atoms with Gasteiger partial charge < -0.3 is 8.85 Å². The molecule has 0 aliphatic rings. The lowest BCUT2D eigenvalue weighted by atomic mass is 9.79. The van der Waals surface area contributed by atoms with E-state index in [1.54, 1.807) is 0 Å². The summed E-state index contributed by atoms with van der Waals surface area (Å²) in [6, 6.07) is 0. The smallest absolute Gasteiger partial charge is 0.366 e. The molecule has 0 rings (SSSR count). The Morgan fingerprint density at radius 1 is 0.349 bits per heavy atom. The molecule has 86 heavy (non-hydrogen) atoms. The Morgan fingerprint density at radius 3 is 0.826 bits per heavy atom. The maximum atomic E-state index is 17.9.